The molecular formula is C13H15N3O6. The zero-order valence-corrected chi connectivity index (χ0v) is 11.5. The van der Waals surface area contributed by atoms with Crippen LogP contribution in [0.25, 0.3) is 0 Å². The highest BCUT2D eigenvalue weighted by Gasteiger charge is 2.61. The molecule has 2 fully saturated rings. The number of aliphatic hydroxyl groups excluding tert-OH is 2. The number of aromatic amines is 1. The van der Waals surface area contributed by atoms with Crippen LogP contribution in [0.2, 0.25) is 0 Å². The van der Waals surface area contributed by atoms with E-state index >= 15 is 0 Å². The van der Waals surface area contributed by atoms with E-state index in [1.54, 1.807) is 0 Å². The van der Waals surface area contributed by atoms with Crippen molar-refractivity contribution in [3.8, 4) is 11.8 Å². The molecule has 2 aliphatic heterocycles. The van der Waals surface area contributed by atoms with Crippen molar-refractivity contribution in [1.29, 1.82) is 0 Å². The zero-order chi connectivity index (χ0) is 15.9. The van der Waals surface area contributed by atoms with Gasteiger partial charge in [-0.25, -0.2) is 4.79 Å². The van der Waals surface area contributed by atoms with Crippen LogP contribution in [0, 0.1) is 11.8 Å². The van der Waals surface area contributed by atoms with Gasteiger partial charge in [-0.1, -0.05) is 11.8 Å². The van der Waals surface area contributed by atoms with Crippen LogP contribution >= 0.6 is 0 Å². The molecule has 2 bridgehead atoms. The number of hydrogen-bond donors (Lipinski definition) is 4. The third kappa shape index (κ3) is 2.09. The third-order valence-electron chi connectivity index (χ3n) is 3.84. The van der Waals surface area contributed by atoms with Crippen molar-refractivity contribution in [3.05, 3.63) is 32.6 Å². The maximum atomic E-state index is 12.0. The number of nitrogens with two attached hydrogens (primary N) is 1. The van der Waals surface area contributed by atoms with Gasteiger partial charge in [0.25, 0.3) is 5.56 Å². The van der Waals surface area contributed by atoms with Crippen LogP contribution in [-0.2, 0) is 9.47 Å². The van der Waals surface area contributed by atoms with Gasteiger partial charge in [-0.2, -0.15) is 0 Å². The van der Waals surface area contributed by atoms with Gasteiger partial charge in [-0.05, 0) is 0 Å². The van der Waals surface area contributed by atoms with Gasteiger partial charge < -0.3 is 25.4 Å². The number of aliphatic hydroxyl groups is 2. The average Bonchev–Trinajstić information content (AvgIpc) is 2.97. The number of rotatable bonds is 2. The van der Waals surface area contributed by atoms with Gasteiger partial charge in [0.2, 0.25) is 0 Å². The van der Waals surface area contributed by atoms with E-state index in [0.717, 1.165) is 4.57 Å². The van der Waals surface area contributed by atoms with Crippen molar-refractivity contribution in [3.63, 3.8) is 0 Å². The van der Waals surface area contributed by atoms with Gasteiger partial charge in [0.05, 0.1) is 19.8 Å². The Bertz CT molecular complexity index is 760. The minimum Gasteiger partial charge on any atom is -0.393 e. The Morgan fingerprint density at radius 2 is 2.32 bits per heavy atom. The molecule has 9 nitrogen and oxygen atoms in total. The van der Waals surface area contributed by atoms with E-state index in [2.05, 4.69) is 16.8 Å². The first kappa shape index (κ1) is 15.0. The van der Waals surface area contributed by atoms with Crippen molar-refractivity contribution < 1.29 is 19.7 Å². The number of hydrogen-bond acceptors (Lipinski definition) is 7. The molecule has 3 rings (SSSR count). The third-order valence-corrected chi connectivity index (χ3v) is 3.84. The molecule has 1 aromatic heterocycles. The van der Waals surface area contributed by atoms with Crippen LogP contribution in [0.15, 0.2) is 15.8 Å². The normalized spacial score (nSPS) is 32.8. The smallest absolute Gasteiger partial charge is 0.330 e. The van der Waals surface area contributed by atoms with Crippen molar-refractivity contribution in [2.75, 3.05) is 19.8 Å². The summed E-state index contributed by atoms with van der Waals surface area (Å²) in [6.07, 6.45) is -1.61. The summed E-state index contributed by atoms with van der Waals surface area (Å²) in [6.45, 7) is -0.348. The molecule has 118 valence electrons. The molecule has 1 unspecified atom stereocenters. The van der Waals surface area contributed by atoms with Gasteiger partial charge in [0, 0.05) is 6.20 Å². The summed E-state index contributed by atoms with van der Waals surface area (Å²) in [7, 11) is 0. The van der Waals surface area contributed by atoms with Gasteiger partial charge in [0.15, 0.2) is 6.23 Å². The minimum atomic E-state index is -1.26. The predicted molar refractivity (Wildman–Crippen MR) is 72.9 cm³/mol. The van der Waals surface area contributed by atoms with E-state index in [0.29, 0.717) is 0 Å². The standard InChI is InChI=1S/C13H15N3O6/c14-3-1-2-7-4-16(12(20)15-10(7)19)11-8-9(18)13(5-17,22-11)6-21-8/h4,8-9,11,17-18H,3,5-6,14H2,(H,15,19,20)/t8-,9?,11+,13-/m0/s1. The Labute approximate surface area is 124 Å². The highest BCUT2D eigenvalue weighted by molar-refractivity contribution is 5.30. The topological polar surface area (TPSA) is 140 Å². The predicted octanol–water partition coefficient (Wildman–Crippen LogP) is -3.13. The molecule has 3 heterocycles. The highest BCUT2D eigenvalue weighted by atomic mass is 16.7. The monoisotopic (exact) mass is 309 g/mol. The molecular weight excluding hydrogens is 294 g/mol. The number of nitrogens with zero attached hydrogens (tertiary/aromatic N) is 1. The Morgan fingerprint density at radius 1 is 1.55 bits per heavy atom. The number of fused-ring (bicyclic) bond motifs is 2. The van der Waals surface area contributed by atoms with E-state index in [4.69, 9.17) is 15.2 Å². The van der Waals surface area contributed by atoms with E-state index < -0.39 is 41.9 Å². The average molecular weight is 309 g/mol. The Morgan fingerprint density at radius 3 is 2.95 bits per heavy atom. The molecule has 0 saturated carbocycles. The maximum absolute atomic E-state index is 12.0. The van der Waals surface area contributed by atoms with Crippen LogP contribution in [0.3, 0.4) is 0 Å². The largest absolute Gasteiger partial charge is 0.393 e. The molecule has 0 spiro atoms. The van der Waals surface area contributed by atoms with E-state index in [-0.39, 0.29) is 18.7 Å². The summed E-state index contributed by atoms with van der Waals surface area (Å²) in [5.74, 6) is 5.08. The Balaban J connectivity index is 2.03. The zero-order valence-electron chi connectivity index (χ0n) is 11.5. The number of ether oxygens (including phenoxy) is 2. The molecule has 2 aliphatic rings. The molecule has 1 aromatic rings. The van der Waals surface area contributed by atoms with Crippen molar-refractivity contribution >= 4 is 0 Å². The number of nitrogens with one attached hydrogen (secondary N) is 1. The molecule has 4 atom stereocenters. The van der Waals surface area contributed by atoms with Crippen LogP contribution in [0.5, 0.6) is 0 Å². The van der Waals surface area contributed by atoms with Crippen molar-refractivity contribution in [1.82, 2.24) is 9.55 Å². The Hall–Kier alpha value is -1.96. The lowest BCUT2D eigenvalue weighted by Gasteiger charge is -2.29. The first-order valence-electron chi connectivity index (χ1n) is 6.65. The summed E-state index contributed by atoms with van der Waals surface area (Å²) >= 11 is 0. The van der Waals surface area contributed by atoms with Gasteiger partial charge in [0.1, 0.15) is 23.4 Å². The fourth-order valence-electron chi connectivity index (χ4n) is 2.66. The first-order valence-corrected chi connectivity index (χ1v) is 6.65. The molecule has 2 saturated heterocycles. The van der Waals surface area contributed by atoms with Crippen molar-refractivity contribution in [2.45, 2.75) is 24.0 Å². The second kappa shape index (κ2) is 5.35. The minimum absolute atomic E-state index is 0.0315. The lowest BCUT2D eigenvalue weighted by molar-refractivity contribution is -0.187. The first-order chi connectivity index (χ1) is 10.5. The maximum Gasteiger partial charge on any atom is 0.330 e. The van der Waals surface area contributed by atoms with Crippen LogP contribution in [0.1, 0.15) is 11.8 Å². The molecule has 0 radical (unpaired) electrons. The summed E-state index contributed by atoms with van der Waals surface area (Å²) in [6, 6.07) is 0. The summed E-state index contributed by atoms with van der Waals surface area (Å²) < 4.78 is 12.1. The SMILES string of the molecule is NCC#Cc1cn([C@@H]2O[C@@]3(CO)CO[C@H]2C3O)c(=O)[nH]c1=O. The number of H-pyrrole nitrogens is 1. The van der Waals surface area contributed by atoms with Gasteiger partial charge in [-0.3, -0.25) is 14.3 Å². The lowest BCUT2D eigenvalue weighted by Crippen LogP contribution is -2.44. The summed E-state index contributed by atoms with van der Waals surface area (Å²) in [5.41, 5.74) is 2.70. The van der Waals surface area contributed by atoms with E-state index in [1.807, 2.05) is 0 Å². The van der Waals surface area contributed by atoms with Crippen LogP contribution in [-0.4, -0.2) is 57.3 Å². The van der Waals surface area contributed by atoms with Gasteiger partial charge in [-0.15, -0.1) is 0 Å². The molecule has 0 aromatic carbocycles. The van der Waals surface area contributed by atoms with Crippen molar-refractivity contribution in [2.24, 2.45) is 5.73 Å². The Kier molecular flexibility index (Phi) is 3.64. The summed E-state index contributed by atoms with van der Waals surface area (Å²) in [5, 5.41) is 19.5. The summed E-state index contributed by atoms with van der Waals surface area (Å²) in [4.78, 5) is 25.8. The molecule has 0 amide bonds. The van der Waals surface area contributed by atoms with E-state index in [1.165, 1.54) is 6.20 Å². The van der Waals surface area contributed by atoms with Gasteiger partial charge >= 0.3 is 5.69 Å². The quantitative estimate of drug-likeness (QED) is 0.423. The fourth-order valence-corrected chi connectivity index (χ4v) is 2.66. The molecule has 5 N–H and O–H groups in total. The number of aromatic nitrogens is 2. The molecule has 0 aliphatic carbocycles. The van der Waals surface area contributed by atoms with Crippen LogP contribution < -0.4 is 17.0 Å². The lowest BCUT2D eigenvalue weighted by atomic mass is 10.0. The van der Waals surface area contributed by atoms with Crippen LogP contribution in [0.4, 0.5) is 0 Å². The highest BCUT2D eigenvalue weighted by Crippen LogP contribution is 2.44. The second-order valence-corrected chi connectivity index (χ2v) is 5.17. The second-order valence-electron chi connectivity index (χ2n) is 5.17. The molecule has 22 heavy (non-hydrogen) atoms. The van der Waals surface area contributed by atoms with E-state index in [9.17, 15) is 19.8 Å². The molecule has 9 heteroatoms. The fraction of sp³-hybridized carbons (Fsp3) is 0.538.